The molecule has 0 fully saturated rings. The first-order valence-electron chi connectivity index (χ1n) is 7.30. The van der Waals surface area contributed by atoms with Gasteiger partial charge in [-0.15, -0.1) is 0 Å². The van der Waals surface area contributed by atoms with Gasteiger partial charge in [-0.25, -0.2) is 18.7 Å². The van der Waals surface area contributed by atoms with Gasteiger partial charge < -0.3 is 10.1 Å². The molecular weight excluding hydrogens is 336 g/mol. The monoisotopic (exact) mass is 349 g/mol. The Hall–Kier alpha value is -2.47. The number of nitrogens with one attached hydrogen (secondary N) is 1. The van der Waals surface area contributed by atoms with E-state index in [2.05, 4.69) is 15.3 Å². The molecule has 124 valence electrons. The van der Waals surface area contributed by atoms with Gasteiger partial charge in [-0.3, -0.25) is 0 Å². The number of halogens is 3. The van der Waals surface area contributed by atoms with E-state index in [-0.39, 0.29) is 0 Å². The second kappa shape index (κ2) is 7.40. The number of benzene rings is 2. The van der Waals surface area contributed by atoms with Crippen LogP contribution in [0.1, 0.15) is 12.2 Å². The predicted octanol–water partition coefficient (Wildman–Crippen LogP) is 4.71. The highest BCUT2D eigenvalue weighted by Gasteiger charge is 2.14. The number of anilines is 1. The van der Waals surface area contributed by atoms with Crippen LogP contribution in [-0.2, 0) is 0 Å². The first-order chi connectivity index (χ1) is 11.6. The molecule has 7 heteroatoms. The maximum atomic E-state index is 12.9. The van der Waals surface area contributed by atoms with Crippen molar-refractivity contribution in [3.8, 4) is 5.75 Å². The SMILES string of the molecule is FC(F)c1nc(NCCOc2ccc(Cl)cc2)c2ccccc2n1. The molecule has 2 aromatic carbocycles. The molecule has 0 unspecified atom stereocenters. The van der Waals surface area contributed by atoms with Crippen molar-refractivity contribution in [2.45, 2.75) is 6.43 Å². The number of hydrogen-bond acceptors (Lipinski definition) is 4. The van der Waals surface area contributed by atoms with Gasteiger partial charge in [0.2, 0.25) is 0 Å². The minimum absolute atomic E-state index is 0.351. The molecule has 0 aliphatic rings. The topological polar surface area (TPSA) is 47.0 Å². The minimum Gasteiger partial charge on any atom is -0.492 e. The predicted molar refractivity (Wildman–Crippen MR) is 89.9 cm³/mol. The number of aromatic nitrogens is 2. The standard InChI is InChI=1S/C17H14ClF2N3O/c18-11-5-7-12(8-6-11)24-10-9-21-16-13-3-1-2-4-14(13)22-17(23-16)15(19)20/h1-8,15H,9-10H2,(H,21,22,23). The minimum atomic E-state index is -2.72. The number of para-hydroxylation sites is 1. The van der Waals surface area contributed by atoms with E-state index in [1.165, 1.54) is 0 Å². The second-order valence-corrected chi connectivity index (χ2v) is 5.41. The molecule has 0 saturated carbocycles. The molecule has 0 bridgehead atoms. The molecule has 3 aromatic rings. The molecule has 3 rings (SSSR count). The molecule has 0 aliphatic heterocycles. The van der Waals surface area contributed by atoms with Gasteiger partial charge >= 0.3 is 0 Å². The van der Waals surface area contributed by atoms with Gasteiger partial charge in [-0.2, -0.15) is 0 Å². The average Bonchev–Trinajstić information content (AvgIpc) is 2.59. The molecule has 0 spiro atoms. The fourth-order valence-corrected chi connectivity index (χ4v) is 2.32. The quantitative estimate of drug-likeness (QED) is 0.654. The third-order valence-electron chi connectivity index (χ3n) is 3.29. The van der Waals surface area contributed by atoms with Crippen molar-refractivity contribution < 1.29 is 13.5 Å². The first-order valence-corrected chi connectivity index (χ1v) is 7.68. The Labute approximate surface area is 142 Å². The lowest BCUT2D eigenvalue weighted by Crippen LogP contribution is -2.13. The lowest BCUT2D eigenvalue weighted by atomic mass is 10.2. The van der Waals surface area contributed by atoms with E-state index in [0.717, 1.165) is 0 Å². The highest BCUT2D eigenvalue weighted by molar-refractivity contribution is 6.30. The molecule has 24 heavy (non-hydrogen) atoms. The number of rotatable bonds is 6. The van der Waals surface area contributed by atoms with E-state index in [1.807, 2.05) is 6.07 Å². The highest BCUT2D eigenvalue weighted by Crippen LogP contribution is 2.24. The average molecular weight is 350 g/mol. The summed E-state index contributed by atoms with van der Waals surface area (Å²) in [5, 5.41) is 4.35. The van der Waals surface area contributed by atoms with Crippen LogP contribution in [0.3, 0.4) is 0 Å². The molecule has 1 N–H and O–H groups in total. The molecule has 0 atom stereocenters. The zero-order chi connectivity index (χ0) is 16.9. The number of ether oxygens (including phenoxy) is 1. The van der Waals surface area contributed by atoms with Crippen LogP contribution in [0.15, 0.2) is 48.5 Å². The lowest BCUT2D eigenvalue weighted by Gasteiger charge is -2.11. The van der Waals surface area contributed by atoms with E-state index >= 15 is 0 Å². The zero-order valence-corrected chi connectivity index (χ0v) is 13.3. The van der Waals surface area contributed by atoms with Gasteiger partial charge in [0.05, 0.1) is 12.1 Å². The van der Waals surface area contributed by atoms with Crippen LogP contribution in [0.4, 0.5) is 14.6 Å². The van der Waals surface area contributed by atoms with Crippen molar-refractivity contribution in [2.75, 3.05) is 18.5 Å². The largest absolute Gasteiger partial charge is 0.492 e. The Balaban J connectivity index is 1.69. The van der Waals surface area contributed by atoms with Gasteiger partial charge in [0.1, 0.15) is 18.2 Å². The van der Waals surface area contributed by atoms with Crippen molar-refractivity contribution in [3.63, 3.8) is 0 Å². The summed E-state index contributed by atoms with van der Waals surface area (Å²) in [5.74, 6) is 0.562. The van der Waals surface area contributed by atoms with Crippen LogP contribution in [0.25, 0.3) is 10.9 Å². The van der Waals surface area contributed by atoms with Gasteiger partial charge in [0.25, 0.3) is 6.43 Å². The second-order valence-electron chi connectivity index (χ2n) is 4.98. The van der Waals surface area contributed by atoms with Crippen LogP contribution < -0.4 is 10.1 Å². The van der Waals surface area contributed by atoms with Crippen molar-refractivity contribution in [2.24, 2.45) is 0 Å². The third kappa shape index (κ3) is 3.89. The fraction of sp³-hybridized carbons (Fsp3) is 0.176. The summed E-state index contributed by atoms with van der Waals surface area (Å²) in [6, 6.07) is 14.0. The van der Waals surface area contributed by atoms with Gasteiger partial charge in [0.15, 0.2) is 5.82 Å². The van der Waals surface area contributed by atoms with Gasteiger partial charge in [-0.05, 0) is 36.4 Å². The van der Waals surface area contributed by atoms with E-state index in [0.29, 0.717) is 40.6 Å². The number of alkyl halides is 2. The van der Waals surface area contributed by atoms with Crippen LogP contribution >= 0.6 is 11.6 Å². The summed E-state index contributed by atoms with van der Waals surface area (Å²) in [7, 11) is 0. The maximum absolute atomic E-state index is 12.9. The van der Waals surface area contributed by atoms with E-state index in [1.54, 1.807) is 42.5 Å². The molecule has 4 nitrogen and oxygen atoms in total. The Morgan fingerprint density at radius 2 is 1.79 bits per heavy atom. The highest BCUT2D eigenvalue weighted by atomic mass is 35.5. The molecule has 0 saturated heterocycles. The third-order valence-corrected chi connectivity index (χ3v) is 3.54. The fourth-order valence-electron chi connectivity index (χ4n) is 2.20. The normalized spacial score (nSPS) is 11.0. The van der Waals surface area contributed by atoms with Crippen LogP contribution in [0, 0.1) is 0 Å². The van der Waals surface area contributed by atoms with Crippen LogP contribution in [0.5, 0.6) is 5.75 Å². The summed E-state index contributed by atoms with van der Waals surface area (Å²) in [6.07, 6.45) is -2.72. The first kappa shape index (κ1) is 16.4. The molecule has 0 amide bonds. The summed E-state index contributed by atoms with van der Waals surface area (Å²) in [5.41, 5.74) is 0.476. The number of nitrogens with zero attached hydrogens (tertiary/aromatic N) is 2. The molecular formula is C17H14ClF2N3O. The van der Waals surface area contributed by atoms with Crippen molar-refractivity contribution >= 4 is 28.3 Å². The number of fused-ring (bicyclic) bond motifs is 1. The Kier molecular flexibility index (Phi) is 5.05. The molecule has 1 aromatic heterocycles. The maximum Gasteiger partial charge on any atom is 0.297 e. The van der Waals surface area contributed by atoms with Crippen molar-refractivity contribution in [1.29, 1.82) is 0 Å². The molecule has 1 heterocycles. The summed E-state index contributed by atoms with van der Waals surface area (Å²) < 4.78 is 31.4. The summed E-state index contributed by atoms with van der Waals surface area (Å²) in [6.45, 7) is 0.760. The smallest absolute Gasteiger partial charge is 0.297 e. The Bertz CT molecular complexity index is 828. The van der Waals surface area contributed by atoms with Crippen LogP contribution in [-0.4, -0.2) is 23.1 Å². The summed E-state index contributed by atoms with van der Waals surface area (Å²) >= 11 is 5.81. The number of hydrogen-bond donors (Lipinski definition) is 1. The van der Waals surface area contributed by atoms with Crippen molar-refractivity contribution in [1.82, 2.24) is 9.97 Å². The van der Waals surface area contributed by atoms with E-state index in [4.69, 9.17) is 16.3 Å². The lowest BCUT2D eigenvalue weighted by molar-refractivity contribution is 0.141. The zero-order valence-electron chi connectivity index (χ0n) is 12.5. The Morgan fingerprint density at radius 3 is 2.54 bits per heavy atom. The van der Waals surface area contributed by atoms with Gasteiger partial charge in [0, 0.05) is 10.4 Å². The van der Waals surface area contributed by atoms with Gasteiger partial charge in [-0.1, -0.05) is 23.7 Å². The van der Waals surface area contributed by atoms with E-state index < -0.39 is 12.2 Å². The van der Waals surface area contributed by atoms with E-state index in [9.17, 15) is 8.78 Å². The van der Waals surface area contributed by atoms with Crippen molar-refractivity contribution in [3.05, 3.63) is 59.4 Å². The van der Waals surface area contributed by atoms with Crippen LogP contribution in [0.2, 0.25) is 5.02 Å². The summed E-state index contributed by atoms with van der Waals surface area (Å²) in [4.78, 5) is 7.79. The molecule has 0 aliphatic carbocycles. The Morgan fingerprint density at radius 1 is 1.04 bits per heavy atom. The molecule has 0 radical (unpaired) electrons.